The molecule has 0 radical (unpaired) electrons. The number of carbonyl (C=O) groups excluding carboxylic acids is 1. The number of anilines is 1. The van der Waals surface area contributed by atoms with E-state index in [0.717, 1.165) is 11.1 Å². The fraction of sp³-hybridized carbons (Fsp3) is 0.136. The molecule has 0 saturated carbocycles. The molecule has 0 unspecified atom stereocenters. The van der Waals surface area contributed by atoms with Gasteiger partial charge in [-0.1, -0.05) is 60.7 Å². The number of nitro benzene ring substituents is 1. The number of nitrogens with one attached hydrogen (secondary N) is 2. The third-order valence-corrected chi connectivity index (χ3v) is 4.40. The van der Waals surface area contributed by atoms with Crippen molar-refractivity contribution in [1.82, 2.24) is 5.32 Å². The van der Waals surface area contributed by atoms with Gasteiger partial charge in [-0.2, -0.15) is 0 Å². The minimum atomic E-state index is -0.514. The van der Waals surface area contributed by atoms with Crippen molar-refractivity contribution in [1.29, 1.82) is 0 Å². The molecule has 0 atom stereocenters. The third-order valence-electron chi connectivity index (χ3n) is 4.40. The van der Waals surface area contributed by atoms with Crippen LogP contribution in [0.4, 0.5) is 11.4 Å². The second-order valence-corrected chi connectivity index (χ2v) is 6.33. The number of methoxy groups -OCH3 is 1. The molecule has 0 saturated heterocycles. The highest BCUT2D eigenvalue weighted by atomic mass is 16.6. The van der Waals surface area contributed by atoms with Crippen molar-refractivity contribution in [2.45, 2.75) is 6.04 Å². The van der Waals surface area contributed by atoms with Crippen LogP contribution in [-0.2, 0) is 4.79 Å². The number of rotatable bonds is 8. The molecule has 3 aromatic rings. The van der Waals surface area contributed by atoms with Crippen molar-refractivity contribution in [2.75, 3.05) is 19.0 Å². The standard InChI is InChI=1S/C22H21N3O4/c1-29-20-14-18(25(27)28)12-13-19(20)24-21(26)15-23-22(16-8-4-2-5-9-16)17-10-6-3-7-11-17/h2-14,22-23H,15H2,1H3,(H,24,26). The maximum atomic E-state index is 12.5. The minimum absolute atomic E-state index is 0.0502. The number of carbonyl (C=O) groups is 1. The van der Waals surface area contributed by atoms with Gasteiger partial charge in [-0.3, -0.25) is 20.2 Å². The number of hydrogen-bond acceptors (Lipinski definition) is 5. The third kappa shape index (κ3) is 5.18. The minimum Gasteiger partial charge on any atom is -0.494 e. The average Bonchev–Trinajstić information content (AvgIpc) is 2.75. The van der Waals surface area contributed by atoms with E-state index in [2.05, 4.69) is 10.6 Å². The zero-order valence-corrected chi connectivity index (χ0v) is 15.9. The van der Waals surface area contributed by atoms with E-state index < -0.39 is 4.92 Å². The summed E-state index contributed by atoms with van der Waals surface area (Å²) in [6, 6.07) is 23.6. The highest BCUT2D eigenvalue weighted by Gasteiger charge is 2.17. The van der Waals surface area contributed by atoms with E-state index in [1.54, 1.807) is 0 Å². The van der Waals surface area contributed by atoms with Gasteiger partial charge in [0.25, 0.3) is 5.69 Å². The van der Waals surface area contributed by atoms with Crippen LogP contribution in [0.5, 0.6) is 5.75 Å². The first-order chi connectivity index (χ1) is 14.1. The van der Waals surface area contributed by atoms with Crippen molar-refractivity contribution < 1.29 is 14.5 Å². The van der Waals surface area contributed by atoms with Crippen LogP contribution in [0.1, 0.15) is 17.2 Å². The van der Waals surface area contributed by atoms with Gasteiger partial charge in [0.05, 0.1) is 36.4 Å². The Bertz CT molecular complexity index is 938. The fourth-order valence-electron chi connectivity index (χ4n) is 3.01. The Balaban J connectivity index is 1.72. The van der Waals surface area contributed by atoms with Crippen LogP contribution in [0.2, 0.25) is 0 Å². The normalized spacial score (nSPS) is 10.6. The number of nitrogens with zero attached hydrogens (tertiary/aromatic N) is 1. The molecule has 3 rings (SSSR count). The molecule has 7 heteroatoms. The van der Waals surface area contributed by atoms with Crippen LogP contribution in [0.15, 0.2) is 78.9 Å². The molecule has 3 aromatic carbocycles. The van der Waals surface area contributed by atoms with Gasteiger partial charge >= 0.3 is 0 Å². The van der Waals surface area contributed by atoms with Gasteiger partial charge in [0.15, 0.2) is 0 Å². The van der Waals surface area contributed by atoms with Crippen molar-refractivity contribution in [2.24, 2.45) is 0 Å². The van der Waals surface area contributed by atoms with E-state index in [1.165, 1.54) is 25.3 Å². The van der Waals surface area contributed by atoms with Crippen molar-refractivity contribution in [3.63, 3.8) is 0 Å². The summed E-state index contributed by atoms with van der Waals surface area (Å²) >= 11 is 0. The van der Waals surface area contributed by atoms with Crippen molar-refractivity contribution in [3.8, 4) is 5.75 Å². The van der Waals surface area contributed by atoms with Crippen LogP contribution in [0.25, 0.3) is 0 Å². The Hall–Kier alpha value is -3.71. The van der Waals surface area contributed by atoms with Gasteiger partial charge in [-0.15, -0.1) is 0 Å². The van der Waals surface area contributed by atoms with Crippen LogP contribution in [0, 0.1) is 10.1 Å². The summed E-state index contributed by atoms with van der Waals surface area (Å²) < 4.78 is 5.16. The lowest BCUT2D eigenvalue weighted by molar-refractivity contribution is -0.384. The smallest absolute Gasteiger partial charge is 0.273 e. The van der Waals surface area contributed by atoms with Gasteiger partial charge in [0.2, 0.25) is 5.91 Å². The maximum absolute atomic E-state index is 12.5. The average molecular weight is 391 g/mol. The van der Waals surface area contributed by atoms with E-state index >= 15 is 0 Å². The lowest BCUT2D eigenvalue weighted by Gasteiger charge is -2.20. The predicted octanol–water partition coefficient (Wildman–Crippen LogP) is 3.92. The molecule has 148 valence electrons. The van der Waals surface area contributed by atoms with E-state index in [9.17, 15) is 14.9 Å². The number of benzene rings is 3. The van der Waals surface area contributed by atoms with Crippen LogP contribution in [0.3, 0.4) is 0 Å². The number of ether oxygens (including phenoxy) is 1. The van der Waals surface area contributed by atoms with Crippen LogP contribution >= 0.6 is 0 Å². The van der Waals surface area contributed by atoms with E-state index in [0.29, 0.717) is 5.69 Å². The first-order valence-corrected chi connectivity index (χ1v) is 9.04. The summed E-state index contributed by atoms with van der Waals surface area (Å²) in [5.41, 5.74) is 2.35. The van der Waals surface area contributed by atoms with E-state index in [4.69, 9.17) is 4.74 Å². The topological polar surface area (TPSA) is 93.5 Å². The number of nitro groups is 1. The molecule has 0 aliphatic carbocycles. The predicted molar refractivity (Wildman–Crippen MR) is 111 cm³/mol. The van der Waals surface area contributed by atoms with Crippen molar-refractivity contribution >= 4 is 17.3 Å². The first kappa shape index (κ1) is 20.0. The fourth-order valence-corrected chi connectivity index (χ4v) is 3.01. The van der Waals surface area contributed by atoms with Gasteiger partial charge in [0, 0.05) is 6.07 Å². The molecular formula is C22H21N3O4. The molecule has 0 fully saturated rings. The quantitative estimate of drug-likeness (QED) is 0.448. The lowest BCUT2D eigenvalue weighted by atomic mass is 9.99. The second-order valence-electron chi connectivity index (χ2n) is 6.33. The second kappa shape index (κ2) is 9.48. The van der Waals surface area contributed by atoms with E-state index in [1.807, 2.05) is 60.7 Å². The Morgan fingerprint density at radius 1 is 1.00 bits per heavy atom. The largest absolute Gasteiger partial charge is 0.494 e. The highest BCUT2D eigenvalue weighted by molar-refractivity contribution is 5.94. The SMILES string of the molecule is COc1cc([N+](=O)[O-])ccc1NC(=O)CNC(c1ccccc1)c1ccccc1. The Morgan fingerprint density at radius 2 is 1.59 bits per heavy atom. The van der Waals surface area contributed by atoms with Gasteiger partial charge in [-0.05, 0) is 17.2 Å². The zero-order valence-electron chi connectivity index (χ0n) is 15.9. The number of non-ortho nitro benzene ring substituents is 1. The van der Waals surface area contributed by atoms with E-state index in [-0.39, 0.29) is 29.9 Å². The summed E-state index contributed by atoms with van der Waals surface area (Å²) in [5, 5.41) is 16.9. The molecule has 1 amide bonds. The zero-order chi connectivity index (χ0) is 20.6. The molecule has 0 spiro atoms. The van der Waals surface area contributed by atoms with Crippen LogP contribution in [-0.4, -0.2) is 24.5 Å². The molecule has 2 N–H and O–H groups in total. The molecule has 7 nitrogen and oxygen atoms in total. The summed E-state index contributed by atoms with van der Waals surface area (Å²) in [5.74, 6) is -0.0516. The van der Waals surface area contributed by atoms with Crippen molar-refractivity contribution in [3.05, 3.63) is 100 Å². The Morgan fingerprint density at radius 3 is 2.10 bits per heavy atom. The van der Waals surface area contributed by atoms with Gasteiger partial charge < -0.3 is 10.1 Å². The molecular weight excluding hydrogens is 370 g/mol. The highest BCUT2D eigenvalue weighted by Crippen LogP contribution is 2.29. The van der Waals surface area contributed by atoms with Crippen LogP contribution < -0.4 is 15.4 Å². The molecule has 0 heterocycles. The summed E-state index contributed by atoms with van der Waals surface area (Å²) in [6.45, 7) is 0.0502. The van der Waals surface area contributed by atoms with Gasteiger partial charge in [0.1, 0.15) is 5.75 Å². The number of hydrogen-bond donors (Lipinski definition) is 2. The molecule has 0 bridgehead atoms. The Kier molecular flexibility index (Phi) is 6.55. The lowest BCUT2D eigenvalue weighted by Crippen LogP contribution is -2.32. The molecule has 0 aliphatic rings. The molecule has 0 aliphatic heterocycles. The maximum Gasteiger partial charge on any atom is 0.273 e. The summed E-state index contributed by atoms with van der Waals surface area (Å²) in [4.78, 5) is 22.9. The molecule has 0 aromatic heterocycles. The summed E-state index contributed by atoms with van der Waals surface area (Å²) in [6.07, 6.45) is 0. The monoisotopic (exact) mass is 391 g/mol. The summed E-state index contributed by atoms with van der Waals surface area (Å²) in [7, 11) is 1.40. The Labute approximate surface area is 168 Å². The van der Waals surface area contributed by atoms with Gasteiger partial charge in [-0.25, -0.2) is 0 Å². The number of amides is 1. The first-order valence-electron chi connectivity index (χ1n) is 9.04. The molecule has 29 heavy (non-hydrogen) atoms.